The van der Waals surface area contributed by atoms with Crippen LogP contribution < -0.4 is 11.1 Å². The van der Waals surface area contributed by atoms with E-state index in [1.807, 2.05) is 13.8 Å². The molecular weight excluding hydrogens is 298 g/mol. The molecule has 2 rings (SSSR count). The number of hydrogen-bond donors (Lipinski definition) is 2. The van der Waals surface area contributed by atoms with Crippen LogP contribution in [0.1, 0.15) is 26.7 Å². The Kier molecular flexibility index (Phi) is 5.59. The first-order valence-corrected chi connectivity index (χ1v) is 8.31. The van der Waals surface area contributed by atoms with Gasteiger partial charge in [-0.1, -0.05) is 0 Å². The minimum atomic E-state index is -0.805. The van der Waals surface area contributed by atoms with Gasteiger partial charge in [-0.3, -0.25) is 19.4 Å². The van der Waals surface area contributed by atoms with E-state index < -0.39 is 5.54 Å². The molecule has 2 heterocycles. The molecule has 2 aliphatic heterocycles. The summed E-state index contributed by atoms with van der Waals surface area (Å²) in [6, 6.07) is -0.354. The van der Waals surface area contributed by atoms with Gasteiger partial charge in [-0.15, -0.1) is 0 Å². The van der Waals surface area contributed by atoms with E-state index in [-0.39, 0.29) is 30.9 Å². The number of piperidine rings is 1. The van der Waals surface area contributed by atoms with Crippen molar-refractivity contribution in [3.63, 3.8) is 0 Å². The molecule has 0 aromatic rings. The number of nitrogens with zero attached hydrogens (tertiary/aromatic N) is 3. The van der Waals surface area contributed by atoms with Crippen molar-refractivity contribution < 1.29 is 14.4 Å². The van der Waals surface area contributed by atoms with E-state index in [4.69, 9.17) is 5.73 Å². The second-order valence-corrected chi connectivity index (χ2v) is 6.10. The highest BCUT2D eigenvalue weighted by molar-refractivity contribution is 6.07. The summed E-state index contributed by atoms with van der Waals surface area (Å²) in [5.41, 5.74) is 4.65. The lowest BCUT2D eigenvalue weighted by Gasteiger charge is -2.37. The van der Waals surface area contributed by atoms with Crippen molar-refractivity contribution in [2.24, 2.45) is 5.73 Å². The molecule has 0 aromatic carbocycles. The van der Waals surface area contributed by atoms with Gasteiger partial charge >= 0.3 is 6.03 Å². The topological polar surface area (TPSA) is 99.0 Å². The number of urea groups is 1. The highest BCUT2D eigenvalue weighted by atomic mass is 16.2. The van der Waals surface area contributed by atoms with Crippen LogP contribution in [-0.4, -0.2) is 83.9 Å². The molecule has 0 radical (unpaired) electrons. The number of carbonyl (C=O) groups excluding carboxylic acids is 3. The van der Waals surface area contributed by atoms with Crippen molar-refractivity contribution in [1.29, 1.82) is 0 Å². The van der Waals surface area contributed by atoms with Gasteiger partial charge in [0.2, 0.25) is 5.91 Å². The zero-order valence-electron chi connectivity index (χ0n) is 14.0. The summed E-state index contributed by atoms with van der Waals surface area (Å²) in [5.74, 6) is -0.0693. The molecule has 4 amide bonds. The maximum atomic E-state index is 12.5. The Morgan fingerprint density at radius 1 is 1.26 bits per heavy atom. The van der Waals surface area contributed by atoms with Crippen molar-refractivity contribution >= 4 is 17.8 Å². The van der Waals surface area contributed by atoms with Crippen LogP contribution in [0.4, 0.5) is 4.79 Å². The fourth-order valence-electron chi connectivity index (χ4n) is 3.31. The molecule has 0 unspecified atom stereocenters. The van der Waals surface area contributed by atoms with Crippen LogP contribution >= 0.6 is 0 Å². The fourth-order valence-corrected chi connectivity index (χ4v) is 3.31. The summed E-state index contributed by atoms with van der Waals surface area (Å²) in [5, 5.41) is 2.83. The molecule has 0 saturated carbocycles. The van der Waals surface area contributed by atoms with E-state index in [1.165, 1.54) is 4.90 Å². The lowest BCUT2D eigenvalue weighted by atomic mass is 9.87. The molecule has 3 N–H and O–H groups in total. The van der Waals surface area contributed by atoms with Gasteiger partial charge in [0.05, 0.1) is 6.54 Å². The Hall–Kier alpha value is -1.67. The summed E-state index contributed by atoms with van der Waals surface area (Å²) >= 11 is 0. The van der Waals surface area contributed by atoms with Gasteiger partial charge in [-0.2, -0.15) is 0 Å². The number of likely N-dealkylation sites (N-methyl/N-ethyl adjacent to an activating group) is 1. The number of carbonyl (C=O) groups is 3. The predicted molar refractivity (Wildman–Crippen MR) is 85.6 cm³/mol. The molecule has 8 nitrogen and oxygen atoms in total. The number of nitrogens with one attached hydrogen (secondary N) is 1. The average Bonchev–Trinajstić information content (AvgIpc) is 2.76. The molecule has 0 aromatic heterocycles. The van der Waals surface area contributed by atoms with Crippen LogP contribution in [0.3, 0.4) is 0 Å². The molecule has 2 fully saturated rings. The van der Waals surface area contributed by atoms with Crippen LogP contribution in [0.15, 0.2) is 0 Å². The number of imide groups is 1. The molecule has 8 heteroatoms. The first-order valence-electron chi connectivity index (χ1n) is 8.31. The van der Waals surface area contributed by atoms with E-state index >= 15 is 0 Å². The third-order valence-electron chi connectivity index (χ3n) is 4.78. The van der Waals surface area contributed by atoms with Crippen LogP contribution in [0.25, 0.3) is 0 Å². The molecule has 1 spiro atoms. The highest BCUT2D eigenvalue weighted by Gasteiger charge is 2.52. The van der Waals surface area contributed by atoms with E-state index in [0.717, 1.165) is 0 Å². The van der Waals surface area contributed by atoms with Crippen LogP contribution in [0, 0.1) is 0 Å². The largest absolute Gasteiger partial charge is 0.342 e. The molecule has 0 aliphatic carbocycles. The summed E-state index contributed by atoms with van der Waals surface area (Å²) in [4.78, 5) is 41.7. The third-order valence-corrected chi connectivity index (χ3v) is 4.78. The van der Waals surface area contributed by atoms with Crippen molar-refractivity contribution in [3.05, 3.63) is 0 Å². The summed E-state index contributed by atoms with van der Waals surface area (Å²) < 4.78 is 0. The number of rotatable bonds is 6. The normalized spacial score (nSPS) is 20.9. The van der Waals surface area contributed by atoms with Gasteiger partial charge < -0.3 is 16.0 Å². The molecule has 23 heavy (non-hydrogen) atoms. The van der Waals surface area contributed by atoms with Gasteiger partial charge in [-0.05, 0) is 26.7 Å². The van der Waals surface area contributed by atoms with Gasteiger partial charge in [0.25, 0.3) is 5.91 Å². The van der Waals surface area contributed by atoms with E-state index in [9.17, 15) is 14.4 Å². The second-order valence-electron chi connectivity index (χ2n) is 6.10. The Labute approximate surface area is 136 Å². The smallest absolute Gasteiger partial charge is 0.325 e. The Morgan fingerprint density at radius 2 is 1.87 bits per heavy atom. The predicted octanol–water partition coefficient (Wildman–Crippen LogP) is -0.800. The Bertz CT molecular complexity index is 470. The molecule has 130 valence electrons. The fraction of sp³-hybridized carbons (Fsp3) is 0.800. The first-order chi connectivity index (χ1) is 11.0. The quantitative estimate of drug-likeness (QED) is 0.623. The average molecular weight is 325 g/mol. The van der Waals surface area contributed by atoms with Crippen molar-refractivity contribution in [2.45, 2.75) is 32.2 Å². The number of hydrogen-bond acceptors (Lipinski definition) is 5. The van der Waals surface area contributed by atoms with E-state index in [0.29, 0.717) is 45.6 Å². The minimum absolute atomic E-state index is 0.109. The lowest BCUT2D eigenvalue weighted by Crippen LogP contribution is -2.56. The summed E-state index contributed by atoms with van der Waals surface area (Å²) in [6.45, 7) is 7.45. The van der Waals surface area contributed by atoms with Crippen molar-refractivity contribution in [2.75, 3.05) is 45.8 Å². The molecular formula is C15H27N5O3. The summed E-state index contributed by atoms with van der Waals surface area (Å²) in [7, 11) is 0. The minimum Gasteiger partial charge on any atom is -0.342 e. The molecule has 0 bridgehead atoms. The van der Waals surface area contributed by atoms with Crippen LogP contribution in [0.5, 0.6) is 0 Å². The first kappa shape index (κ1) is 17.7. The standard InChI is InChI=1S/C15H27N5O3/c1-3-19(4-2)12(21)11-18-8-5-15(6-9-18)13(22)20(10-7-16)14(23)17-15/h3-11,16H2,1-2H3,(H,17,23). The van der Waals surface area contributed by atoms with Gasteiger partial charge in [0, 0.05) is 39.3 Å². The Balaban J connectivity index is 1.92. The zero-order valence-corrected chi connectivity index (χ0v) is 14.0. The van der Waals surface area contributed by atoms with Gasteiger partial charge in [0.15, 0.2) is 0 Å². The highest BCUT2D eigenvalue weighted by Crippen LogP contribution is 2.29. The maximum Gasteiger partial charge on any atom is 0.325 e. The number of amides is 4. The summed E-state index contributed by atoms with van der Waals surface area (Å²) in [6.07, 6.45) is 1.06. The second kappa shape index (κ2) is 7.27. The molecule has 0 atom stereocenters. The van der Waals surface area contributed by atoms with Gasteiger partial charge in [0.1, 0.15) is 5.54 Å². The lowest BCUT2D eigenvalue weighted by molar-refractivity contribution is -0.134. The van der Waals surface area contributed by atoms with Gasteiger partial charge in [-0.25, -0.2) is 4.79 Å². The van der Waals surface area contributed by atoms with E-state index in [2.05, 4.69) is 10.2 Å². The number of likely N-dealkylation sites (tertiary alicyclic amines) is 1. The Morgan fingerprint density at radius 3 is 2.39 bits per heavy atom. The maximum absolute atomic E-state index is 12.5. The zero-order chi connectivity index (χ0) is 17.0. The monoisotopic (exact) mass is 325 g/mol. The van der Waals surface area contributed by atoms with Crippen molar-refractivity contribution in [3.8, 4) is 0 Å². The SMILES string of the molecule is CCN(CC)C(=O)CN1CCC2(CC1)NC(=O)N(CCN)C2=O. The van der Waals surface area contributed by atoms with Crippen LogP contribution in [0.2, 0.25) is 0 Å². The van der Waals surface area contributed by atoms with Crippen molar-refractivity contribution in [1.82, 2.24) is 20.0 Å². The molecule has 2 saturated heterocycles. The third kappa shape index (κ3) is 3.48. The van der Waals surface area contributed by atoms with Crippen LogP contribution in [-0.2, 0) is 9.59 Å². The number of nitrogens with two attached hydrogens (primary N) is 1. The molecule has 2 aliphatic rings. The van der Waals surface area contributed by atoms with E-state index in [1.54, 1.807) is 4.90 Å².